The second-order valence-corrected chi connectivity index (χ2v) is 26.2. The van der Waals surface area contributed by atoms with Crippen molar-refractivity contribution in [2.24, 2.45) is 0 Å². The second kappa shape index (κ2) is 61.9. The molecule has 0 aliphatic heterocycles. The van der Waals surface area contributed by atoms with E-state index in [-0.39, 0.29) is 12.4 Å². The highest BCUT2D eigenvalue weighted by Gasteiger charge is 2.07. The molecule has 442 valence electrons. The fraction of sp³-hybridized carbons (Fsp3) is 1.00. The zero-order chi connectivity index (χ0) is 54.1. The Kier molecular flexibility index (Phi) is 69.5. The molecule has 0 N–H and O–H groups in total. The summed E-state index contributed by atoms with van der Waals surface area (Å²) in [5, 5.41) is 0. The third-order valence-electron chi connectivity index (χ3n) is 14.0. The maximum atomic E-state index is 8.52. The molecule has 0 saturated heterocycles. The lowest BCUT2D eigenvalue weighted by atomic mass is 10.0. The van der Waals surface area contributed by atoms with Crippen LogP contribution in [0.2, 0.25) is 0 Å². The van der Waals surface area contributed by atoms with Crippen molar-refractivity contribution in [3.8, 4) is 0 Å². The molecule has 0 atom stereocenters. The molecule has 0 bridgehead atoms. The van der Waals surface area contributed by atoms with Crippen LogP contribution >= 0.6 is 0 Å². The van der Waals surface area contributed by atoms with Crippen molar-refractivity contribution >= 4 is 10.4 Å². The summed E-state index contributed by atoms with van der Waals surface area (Å²) in [5.41, 5.74) is 0. The van der Waals surface area contributed by atoms with Crippen molar-refractivity contribution in [2.45, 2.75) is 329 Å². The molecule has 0 fully saturated rings. The lowest BCUT2D eigenvalue weighted by Gasteiger charge is -2.23. The Morgan fingerprint density at radius 3 is 0.389 bits per heavy atom. The van der Waals surface area contributed by atoms with Gasteiger partial charge in [-0.25, -0.2) is 0 Å². The lowest BCUT2D eigenvalue weighted by molar-refractivity contribution is -0.870. The molecule has 7 nitrogen and oxygen atoms in total. The summed E-state index contributed by atoms with van der Waals surface area (Å²) in [7, 11) is 15.5. The predicted molar refractivity (Wildman–Crippen MR) is 318 cm³/mol. The van der Waals surface area contributed by atoms with Crippen molar-refractivity contribution in [3.63, 3.8) is 0 Å². The summed E-state index contributed by atoms with van der Waals surface area (Å²) in [4.78, 5) is 0. The van der Waals surface area contributed by atoms with E-state index < -0.39 is 10.4 Å². The van der Waals surface area contributed by atoms with Gasteiger partial charge in [-0.1, -0.05) is 290 Å². The van der Waals surface area contributed by atoms with Crippen LogP contribution in [0.15, 0.2) is 0 Å². The van der Waals surface area contributed by atoms with Gasteiger partial charge in [0.2, 0.25) is 0 Å². The van der Waals surface area contributed by atoms with E-state index in [4.69, 9.17) is 17.5 Å². The van der Waals surface area contributed by atoms with Crippen molar-refractivity contribution in [3.05, 3.63) is 0 Å². The number of unbranched alkanes of at least 4 members (excludes halogenated alkanes) is 45. The minimum Gasteiger partial charge on any atom is -1.00 e. The van der Waals surface area contributed by atoms with Crippen LogP contribution in [0.4, 0.5) is 0 Å². The number of halogens is 1. The van der Waals surface area contributed by atoms with Crippen LogP contribution in [0.1, 0.15) is 329 Å². The van der Waals surface area contributed by atoms with Crippen LogP contribution in [0.3, 0.4) is 0 Å². The normalized spacial score (nSPS) is 11.8. The van der Waals surface area contributed by atoms with Crippen LogP contribution in [-0.2, 0) is 10.4 Å². The fourth-order valence-corrected chi connectivity index (χ4v) is 9.40. The highest BCUT2D eigenvalue weighted by molar-refractivity contribution is 7.79. The zero-order valence-corrected chi connectivity index (χ0v) is 53.4. The highest BCUT2D eigenvalue weighted by Crippen LogP contribution is 2.17. The Bertz CT molecular complexity index is 957. The summed E-state index contributed by atoms with van der Waals surface area (Å²) < 4.78 is 37.5. The van der Waals surface area contributed by atoms with Gasteiger partial charge < -0.3 is 35.0 Å². The number of nitrogens with zero attached hydrogens (tertiary/aromatic N) is 3. The number of hydrogen-bond acceptors (Lipinski definition) is 4. The molecule has 0 aromatic heterocycles. The maximum absolute atomic E-state index is 8.52. The Balaban J connectivity index is -0.000000295. The number of quaternary nitrogens is 3. The van der Waals surface area contributed by atoms with Crippen LogP contribution in [0.25, 0.3) is 0 Å². The Hall–Kier alpha value is 0.0400. The van der Waals surface area contributed by atoms with E-state index in [1.165, 1.54) is 328 Å². The van der Waals surface area contributed by atoms with Crippen LogP contribution in [-0.4, -0.2) is 114 Å². The van der Waals surface area contributed by atoms with Crippen LogP contribution in [0, 0.1) is 0 Å². The summed E-state index contributed by atoms with van der Waals surface area (Å²) in [6.07, 6.45) is 70.1. The summed E-state index contributed by atoms with van der Waals surface area (Å²) in [5.74, 6) is 0. The van der Waals surface area contributed by atoms with Gasteiger partial charge in [0.25, 0.3) is 0 Å². The smallest absolute Gasteiger partial charge is 0.0780 e. The average Bonchev–Trinajstić information content (AvgIpc) is 3.27. The molecule has 0 saturated carbocycles. The first-order valence-corrected chi connectivity index (χ1v) is 33.1. The second-order valence-electron chi connectivity index (χ2n) is 25.4. The minimum atomic E-state index is -5.17. The van der Waals surface area contributed by atoms with Gasteiger partial charge in [0.15, 0.2) is 0 Å². The van der Waals surface area contributed by atoms with Crippen molar-refractivity contribution in [2.75, 3.05) is 83.1 Å². The van der Waals surface area contributed by atoms with Crippen molar-refractivity contribution in [1.29, 1.82) is 0 Å². The molecular formula is C63H138ClN3O4S. The summed E-state index contributed by atoms with van der Waals surface area (Å²) >= 11 is 0. The van der Waals surface area contributed by atoms with Crippen molar-refractivity contribution < 1.29 is 43.4 Å². The highest BCUT2D eigenvalue weighted by atomic mass is 35.5. The fourth-order valence-electron chi connectivity index (χ4n) is 9.40. The topological polar surface area (TPSA) is 80.3 Å². The molecule has 0 spiro atoms. The third kappa shape index (κ3) is 103. The minimum absolute atomic E-state index is 0. The van der Waals surface area contributed by atoms with Gasteiger partial charge in [0, 0.05) is 10.4 Å². The number of rotatable bonds is 51. The van der Waals surface area contributed by atoms with E-state index in [0.717, 1.165) is 13.4 Å². The van der Waals surface area contributed by atoms with Gasteiger partial charge >= 0.3 is 0 Å². The first kappa shape index (κ1) is 80.9. The van der Waals surface area contributed by atoms with Gasteiger partial charge in [0.05, 0.1) is 83.1 Å². The Labute approximate surface area is 463 Å². The maximum Gasteiger partial charge on any atom is 0.0780 e. The van der Waals surface area contributed by atoms with Gasteiger partial charge in [-0.15, -0.1) is 0 Å². The Morgan fingerprint density at radius 1 is 0.222 bits per heavy atom. The van der Waals surface area contributed by atoms with Gasteiger partial charge in [-0.2, -0.15) is 0 Å². The first-order valence-electron chi connectivity index (χ1n) is 31.8. The van der Waals surface area contributed by atoms with Crippen molar-refractivity contribution in [1.82, 2.24) is 0 Å². The third-order valence-corrected chi connectivity index (χ3v) is 14.0. The molecule has 0 aromatic rings. The molecule has 0 aliphatic carbocycles. The molecule has 0 unspecified atom stereocenters. The molecule has 9 heteroatoms. The molecule has 72 heavy (non-hydrogen) atoms. The molecule has 0 radical (unpaired) electrons. The standard InChI is InChI=1S/3C21H46N.ClH.H2O4S/c3*1-5-6-7-8-9-10-11-12-13-14-15-16-17-18-19-20-21-22(2,3)4;;1-5(2,3)4/h3*5-21H2,1-4H3;1H;(H2,1,2,3,4)/q3*+1;;/p-3. The van der Waals surface area contributed by atoms with Gasteiger partial charge in [-0.05, 0) is 38.5 Å². The largest absolute Gasteiger partial charge is 1.00 e. The zero-order valence-electron chi connectivity index (χ0n) is 51.8. The molecule has 0 rings (SSSR count). The van der Waals surface area contributed by atoms with E-state index in [2.05, 4.69) is 84.2 Å². The SMILES string of the molecule is CCCCCCCCCCCCCCCCCC[N+](C)(C)C.CCCCCCCCCCCCCCCCCC[N+](C)(C)C.CCCCCCCCCCCCCCCCCC[N+](C)(C)C.O=S(=O)([O-])[O-].[Cl-]. The molecular weight excluding hydrogens is 930 g/mol. The van der Waals surface area contributed by atoms with E-state index in [0.29, 0.717) is 0 Å². The van der Waals surface area contributed by atoms with Crippen LogP contribution in [0.5, 0.6) is 0 Å². The summed E-state index contributed by atoms with van der Waals surface area (Å²) in [6.45, 7) is 10.9. The van der Waals surface area contributed by atoms with E-state index >= 15 is 0 Å². The lowest BCUT2D eigenvalue weighted by Crippen LogP contribution is -3.00. The Morgan fingerprint density at radius 2 is 0.306 bits per heavy atom. The molecule has 0 amide bonds. The van der Waals surface area contributed by atoms with E-state index in [1.54, 1.807) is 0 Å². The quantitative estimate of drug-likeness (QED) is 0.0263. The first-order chi connectivity index (χ1) is 33.7. The van der Waals surface area contributed by atoms with Gasteiger partial charge in [-0.3, -0.25) is 8.42 Å². The predicted octanol–water partition coefficient (Wildman–Crippen LogP) is 16.5. The number of hydrogen-bond donors (Lipinski definition) is 0. The van der Waals surface area contributed by atoms with Gasteiger partial charge in [0.1, 0.15) is 0 Å². The summed E-state index contributed by atoms with van der Waals surface area (Å²) in [6, 6.07) is 0. The monoisotopic (exact) mass is 1070 g/mol. The van der Waals surface area contributed by atoms with E-state index in [9.17, 15) is 0 Å². The average molecular weight is 1070 g/mol. The van der Waals surface area contributed by atoms with E-state index in [1.807, 2.05) is 0 Å². The van der Waals surface area contributed by atoms with Crippen LogP contribution < -0.4 is 12.4 Å². The molecule has 0 aromatic carbocycles. The molecule has 0 aliphatic rings. The molecule has 0 heterocycles.